The van der Waals surface area contributed by atoms with Gasteiger partial charge in [-0.05, 0) is 69.7 Å². The molecule has 1 atom stereocenters. The first-order valence-corrected chi connectivity index (χ1v) is 8.92. The zero-order chi connectivity index (χ0) is 17.1. The number of hydrogen-bond donors (Lipinski definition) is 3. The van der Waals surface area contributed by atoms with Crippen LogP contribution in [0.3, 0.4) is 0 Å². The van der Waals surface area contributed by atoms with Gasteiger partial charge in [0.1, 0.15) is 5.75 Å². The third-order valence-electron chi connectivity index (χ3n) is 5.45. The van der Waals surface area contributed by atoms with Crippen molar-refractivity contribution in [1.82, 2.24) is 10.6 Å². The van der Waals surface area contributed by atoms with Crippen LogP contribution in [0.4, 0.5) is 0 Å². The summed E-state index contributed by atoms with van der Waals surface area (Å²) in [6.07, 6.45) is 3.52. The average Bonchev–Trinajstić information content (AvgIpc) is 2.57. The number of aryl methyl sites for hydroxylation is 1. The molecule has 1 aliphatic carbocycles. The molecule has 24 heavy (non-hydrogen) atoms. The Balaban J connectivity index is 1.76. The molecule has 0 spiro atoms. The number of rotatable bonds is 5. The normalized spacial score (nSPS) is 25.6. The van der Waals surface area contributed by atoms with Crippen LogP contribution in [0.25, 0.3) is 0 Å². The van der Waals surface area contributed by atoms with E-state index in [4.69, 9.17) is 4.74 Å². The Morgan fingerprint density at radius 1 is 1.29 bits per heavy atom. The Hall–Kier alpha value is -1.59. The lowest BCUT2D eigenvalue weighted by Gasteiger charge is -2.43. The number of nitrogens with one attached hydrogen (secondary N) is 2. The number of carbonyl (C=O) groups is 1. The highest BCUT2D eigenvalue weighted by Crippen LogP contribution is 2.36. The molecule has 1 saturated carbocycles. The molecule has 2 aliphatic rings. The van der Waals surface area contributed by atoms with Crippen molar-refractivity contribution in [2.24, 2.45) is 11.8 Å². The number of aliphatic hydroxyl groups is 1. The number of benzene rings is 1. The minimum atomic E-state index is -0.204. The van der Waals surface area contributed by atoms with Gasteiger partial charge < -0.3 is 20.5 Å². The first kappa shape index (κ1) is 17.2. The van der Waals surface area contributed by atoms with Crippen molar-refractivity contribution in [3.8, 4) is 5.75 Å². The van der Waals surface area contributed by atoms with Gasteiger partial charge in [-0.2, -0.15) is 0 Å². The molecule has 0 radical (unpaired) electrons. The van der Waals surface area contributed by atoms with E-state index in [1.165, 1.54) is 0 Å². The summed E-state index contributed by atoms with van der Waals surface area (Å²) in [5, 5.41) is 16.3. The van der Waals surface area contributed by atoms with Gasteiger partial charge in [0.05, 0.1) is 18.8 Å². The maximum Gasteiger partial charge on any atom is 0.255 e. The molecule has 3 N–H and O–H groups in total. The third kappa shape index (κ3) is 3.73. The van der Waals surface area contributed by atoms with Crippen molar-refractivity contribution in [1.29, 1.82) is 0 Å². The van der Waals surface area contributed by atoms with Crippen LogP contribution in [0.15, 0.2) is 18.2 Å². The van der Waals surface area contributed by atoms with E-state index in [0.29, 0.717) is 23.1 Å². The van der Waals surface area contributed by atoms with Crippen LogP contribution >= 0.6 is 0 Å². The molecule has 3 rings (SSSR count). The van der Waals surface area contributed by atoms with Gasteiger partial charge in [0, 0.05) is 6.04 Å². The molecule has 1 aromatic rings. The van der Waals surface area contributed by atoms with E-state index in [-0.39, 0.29) is 18.1 Å². The topological polar surface area (TPSA) is 70.6 Å². The van der Waals surface area contributed by atoms with Gasteiger partial charge in [-0.1, -0.05) is 11.6 Å². The minimum absolute atomic E-state index is 0.0690. The van der Waals surface area contributed by atoms with E-state index >= 15 is 0 Å². The molecule has 0 aromatic heterocycles. The van der Waals surface area contributed by atoms with E-state index in [0.717, 1.165) is 44.3 Å². The summed E-state index contributed by atoms with van der Waals surface area (Å²) < 4.78 is 5.36. The molecule has 0 unspecified atom stereocenters. The monoisotopic (exact) mass is 332 g/mol. The largest absolute Gasteiger partial charge is 0.496 e. The fourth-order valence-corrected chi connectivity index (χ4v) is 3.98. The Morgan fingerprint density at radius 3 is 2.62 bits per heavy atom. The summed E-state index contributed by atoms with van der Waals surface area (Å²) in [7, 11) is 1.59. The summed E-state index contributed by atoms with van der Waals surface area (Å²) in [5.74, 6) is 1.39. The Labute approximate surface area is 143 Å². The van der Waals surface area contributed by atoms with Crippen LogP contribution in [0, 0.1) is 18.8 Å². The predicted molar refractivity (Wildman–Crippen MR) is 93.3 cm³/mol. The standard InChI is InChI=1S/C19H28N2O3/c1-12-3-4-17(24-2)16(9-12)19(23)21-18(14-10-15(22)11-14)13-5-7-20-8-6-13/h3-4,9,13-15,18,20,22H,5-8,10-11H2,1-2H3,(H,21,23)/t14?,15?,18-/m1/s1. The summed E-state index contributed by atoms with van der Waals surface area (Å²) in [5.41, 5.74) is 1.63. The summed E-state index contributed by atoms with van der Waals surface area (Å²) in [6, 6.07) is 5.80. The third-order valence-corrected chi connectivity index (χ3v) is 5.45. The molecular formula is C19H28N2O3. The van der Waals surface area contributed by atoms with Crippen LogP contribution in [0.1, 0.15) is 41.6 Å². The predicted octanol–water partition coefficient (Wildman–Crippen LogP) is 1.87. The molecule has 5 heteroatoms. The van der Waals surface area contributed by atoms with E-state index in [1.54, 1.807) is 7.11 Å². The molecule has 5 nitrogen and oxygen atoms in total. The number of amides is 1. The first-order chi connectivity index (χ1) is 11.6. The highest BCUT2D eigenvalue weighted by molar-refractivity contribution is 5.97. The van der Waals surface area contributed by atoms with Crippen molar-refractivity contribution in [2.45, 2.75) is 44.8 Å². The summed E-state index contributed by atoms with van der Waals surface area (Å²) >= 11 is 0. The zero-order valence-electron chi connectivity index (χ0n) is 14.5. The Bertz CT molecular complexity index is 578. The Morgan fingerprint density at radius 2 is 2.00 bits per heavy atom. The molecular weight excluding hydrogens is 304 g/mol. The second kappa shape index (κ2) is 7.53. The first-order valence-electron chi connectivity index (χ1n) is 8.92. The number of carbonyl (C=O) groups excluding carboxylic acids is 1. The fraction of sp³-hybridized carbons (Fsp3) is 0.632. The quantitative estimate of drug-likeness (QED) is 0.770. The summed E-state index contributed by atoms with van der Waals surface area (Å²) in [6.45, 7) is 3.98. The second-order valence-electron chi connectivity index (χ2n) is 7.18. The lowest BCUT2D eigenvalue weighted by atomic mass is 9.71. The fourth-order valence-electron chi connectivity index (χ4n) is 3.98. The lowest BCUT2D eigenvalue weighted by Crippen LogP contribution is -2.52. The zero-order valence-corrected chi connectivity index (χ0v) is 14.5. The maximum absolute atomic E-state index is 12.9. The number of piperidine rings is 1. The molecule has 1 saturated heterocycles. The van der Waals surface area contributed by atoms with Crippen molar-refractivity contribution < 1.29 is 14.6 Å². The van der Waals surface area contributed by atoms with Gasteiger partial charge in [0.15, 0.2) is 0 Å². The van der Waals surface area contributed by atoms with Crippen LogP contribution in [-0.2, 0) is 0 Å². The van der Waals surface area contributed by atoms with Crippen LogP contribution in [-0.4, -0.2) is 43.4 Å². The second-order valence-corrected chi connectivity index (χ2v) is 7.18. The Kier molecular flexibility index (Phi) is 5.41. The van der Waals surface area contributed by atoms with E-state index < -0.39 is 0 Å². The lowest BCUT2D eigenvalue weighted by molar-refractivity contribution is 0.00915. The van der Waals surface area contributed by atoms with Gasteiger partial charge in [-0.15, -0.1) is 0 Å². The van der Waals surface area contributed by atoms with Crippen molar-refractivity contribution >= 4 is 5.91 Å². The highest BCUT2D eigenvalue weighted by Gasteiger charge is 2.39. The molecule has 0 bridgehead atoms. The molecule has 1 amide bonds. The SMILES string of the molecule is COc1ccc(C)cc1C(=O)N[C@H](C1CCNCC1)C1CC(O)C1. The molecule has 132 valence electrons. The highest BCUT2D eigenvalue weighted by atomic mass is 16.5. The van der Waals surface area contributed by atoms with Gasteiger partial charge >= 0.3 is 0 Å². The molecule has 1 heterocycles. The molecule has 1 aliphatic heterocycles. The maximum atomic E-state index is 12.9. The van der Waals surface area contributed by atoms with Crippen molar-refractivity contribution in [3.63, 3.8) is 0 Å². The number of hydrogen-bond acceptors (Lipinski definition) is 4. The number of aliphatic hydroxyl groups excluding tert-OH is 1. The number of ether oxygens (including phenoxy) is 1. The molecule has 2 fully saturated rings. The minimum Gasteiger partial charge on any atom is -0.496 e. The number of methoxy groups -OCH3 is 1. The summed E-state index contributed by atoms with van der Waals surface area (Å²) in [4.78, 5) is 12.9. The van der Waals surface area contributed by atoms with Crippen molar-refractivity contribution in [3.05, 3.63) is 29.3 Å². The van der Waals surface area contributed by atoms with E-state index in [9.17, 15) is 9.90 Å². The van der Waals surface area contributed by atoms with Crippen molar-refractivity contribution in [2.75, 3.05) is 20.2 Å². The molecule has 1 aromatic carbocycles. The van der Waals surface area contributed by atoms with Crippen LogP contribution in [0.5, 0.6) is 5.75 Å². The van der Waals surface area contributed by atoms with Gasteiger partial charge in [0.25, 0.3) is 5.91 Å². The average molecular weight is 332 g/mol. The van der Waals surface area contributed by atoms with Crippen LogP contribution in [0.2, 0.25) is 0 Å². The van der Waals surface area contributed by atoms with Crippen LogP contribution < -0.4 is 15.4 Å². The smallest absolute Gasteiger partial charge is 0.255 e. The van der Waals surface area contributed by atoms with Gasteiger partial charge in [0.2, 0.25) is 0 Å². The van der Waals surface area contributed by atoms with Gasteiger partial charge in [-0.25, -0.2) is 0 Å². The van der Waals surface area contributed by atoms with E-state index in [1.807, 2.05) is 25.1 Å². The van der Waals surface area contributed by atoms with E-state index in [2.05, 4.69) is 10.6 Å². The van der Waals surface area contributed by atoms with Gasteiger partial charge in [-0.3, -0.25) is 4.79 Å².